The fourth-order valence-electron chi connectivity index (χ4n) is 3.41. The van der Waals surface area contributed by atoms with Crippen LogP contribution in [-0.4, -0.2) is 32.0 Å². The van der Waals surface area contributed by atoms with E-state index in [9.17, 15) is 0 Å². The first-order chi connectivity index (χ1) is 10.7. The molecule has 3 aromatic rings. The van der Waals surface area contributed by atoms with Gasteiger partial charge in [-0.15, -0.1) is 0 Å². The van der Waals surface area contributed by atoms with Crippen molar-refractivity contribution in [2.24, 2.45) is 0 Å². The smallest absolute Gasteiger partial charge is 0.140 e. The van der Waals surface area contributed by atoms with E-state index in [1.165, 1.54) is 17.7 Å². The van der Waals surface area contributed by atoms with Crippen LogP contribution in [0.5, 0.6) is 0 Å². The molecule has 3 aromatic heterocycles. The second-order valence-electron chi connectivity index (χ2n) is 6.09. The van der Waals surface area contributed by atoms with E-state index in [0.29, 0.717) is 6.04 Å². The molecule has 5 heteroatoms. The molecule has 1 aliphatic heterocycles. The Balaban J connectivity index is 1.66. The van der Waals surface area contributed by atoms with Gasteiger partial charge in [-0.1, -0.05) is 6.92 Å². The Labute approximate surface area is 130 Å². The summed E-state index contributed by atoms with van der Waals surface area (Å²) in [6.45, 7) is 6.38. The summed E-state index contributed by atoms with van der Waals surface area (Å²) < 4.78 is 4.40. The number of aromatic nitrogens is 4. The molecule has 1 aliphatic rings. The number of fused-ring (bicyclic) bond motifs is 1. The lowest BCUT2D eigenvalue weighted by Gasteiger charge is -2.20. The van der Waals surface area contributed by atoms with Gasteiger partial charge in [0.25, 0.3) is 0 Å². The van der Waals surface area contributed by atoms with Gasteiger partial charge < -0.3 is 13.9 Å². The highest BCUT2D eigenvalue weighted by Gasteiger charge is 2.24. The summed E-state index contributed by atoms with van der Waals surface area (Å²) in [5.74, 6) is 0. The normalized spacial score (nSPS) is 18.5. The summed E-state index contributed by atoms with van der Waals surface area (Å²) in [5, 5.41) is 0. The van der Waals surface area contributed by atoms with Crippen LogP contribution in [0.2, 0.25) is 0 Å². The molecule has 4 rings (SSSR count). The standard InChI is InChI=1S/C17H21N5/c1-3-14-8-16(11-22-9-13(2)19-17(14)22)20-6-4-15(10-20)21-7-5-18-12-21/h5,7-9,11-12,15H,3-4,6,10H2,1-2H3. The molecule has 4 heterocycles. The molecule has 0 amide bonds. The topological polar surface area (TPSA) is 38.4 Å². The third-order valence-electron chi connectivity index (χ3n) is 4.59. The lowest BCUT2D eigenvalue weighted by molar-refractivity contribution is 0.551. The van der Waals surface area contributed by atoms with Crippen molar-refractivity contribution in [3.63, 3.8) is 0 Å². The summed E-state index contributed by atoms with van der Waals surface area (Å²) in [6.07, 6.45) is 12.3. The predicted octanol–water partition coefficient (Wildman–Crippen LogP) is 2.85. The van der Waals surface area contributed by atoms with Crippen molar-refractivity contribution in [2.75, 3.05) is 18.0 Å². The Morgan fingerprint density at radius 1 is 1.32 bits per heavy atom. The summed E-state index contributed by atoms with van der Waals surface area (Å²) in [6, 6.07) is 2.82. The summed E-state index contributed by atoms with van der Waals surface area (Å²) in [5.41, 5.74) is 4.78. The molecular formula is C17H21N5. The Kier molecular flexibility index (Phi) is 3.13. The van der Waals surface area contributed by atoms with Crippen LogP contribution in [0.25, 0.3) is 5.65 Å². The first-order valence-corrected chi connectivity index (χ1v) is 7.95. The van der Waals surface area contributed by atoms with Gasteiger partial charge in [0.1, 0.15) is 5.65 Å². The van der Waals surface area contributed by atoms with Crippen LogP contribution in [0.4, 0.5) is 5.69 Å². The van der Waals surface area contributed by atoms with Gasteiger partial charge in [-0.3, -0.25) is 0 Å². The number of pyridine rings is 1. The van der Waals surface area contributed by atoms with Crippen LogP contribution >= 0.6 is 0 Å². The van der Waals surface area contributed by atoms with Crippen molar-refractivity contribution < 1.29 is 0 Å². The molecular weight excluding hydrogens is 274 g/mol. The van der Waals surface area contributed by atoms with Crippen LogP contribution in [0.15, 0.2) is 37.2 Å². The third-order valence-corrected chi connectivity index (χ3v) is 4.59. The monoisotopic (exact) mass is 295 g/mol. The summed E-state index contributed by atoms with van der Waals surface area (Å²) in [4.78, 5) is 11.3. The maximum absolute atomic E-state index is 4.64. The SMILES string of the molecule is CCc1cc(N2CCC(n3ccnc3)C2)cn2cc(C)nc12. The second-order valence-corrected chi connectivity index (χ2v) is 6.09. The summed E-state index contributed by atoms with van der Waals surface area (Å²) >= 11 is 0. The number of anilines is 1. The second kappa shape index (κ2) is 5.16. The van der Waals surface area contributed by atoms with Crippen molar-refractivity contribution in [3.05, 3.63) is 48.4 Å². The van der Waals surface area contributed by atoms with Gasteiger partial charge in [-0.2, -0.15) is 0 Å². The fourth-order valence-corrected chi connectivity index (χ4v) is 3.41. The van der Waals surface area contributed by atoms with E-state index >= 15 is 0 Å². The van der Waals surface area contributed by atoms with Crippen molar-refractivity contribution in [2.45, 2.75) is 32.7 Å². The van der Waals surface area contributed by atoms with Crippen molar-refractivity contribution in [3.8, 4) is 0 Å². The van der Waals surface area contributed by atoms with Crippen molar-refractivity contribution >= 4 is 11.3 Å². The van der Waals surface area contributed by atoms with Gasteiger partial charge in [0.2, 0.25) is 0 Å². The fraction of sp³-hybridized carbons (Fsp3) is 0.412. The molecule has 114 valence electrons. The molecule has 1 unspecified atom stereocenters. The molecule has 1 fully saturated rings. The number of imidazole rings is 2. The third kappa shape index (κ3) is 2.17. The van der Waals surface area contributed by atoms with Crippen molar-refractivity contribution in [1.82, 2.24) is 18.9 Å². The van der Waals surface area contributed by atoms with Crippen LogP contribution in [0.1, 0.15) is 30.6 Å². The van der Waals surface area contributed by atoms with E-state index in [2.05, 4.69) is 62.3 Å². The number of hydrogen-bond donors (Lipinski definition) is 0. The van der Waals surface area contributed by atoms with Gasteiger partial charge in [-0.25, -0.2) is 9.97 Å². The molecule has 0 radical (unpaired) electrons. The van der Waals surface area contributed by atoms with E-state index in [1.54, 1.807) is 0 Å². The van der Waals surface area contributed by atoms with Gasteiger partial charge in [0, 0.05) is 37.9 Å². The minimum Gasteiger partial charge on any atom is -0.368 e. The number of aryl methyl sites for hydroxylation is 2. The average molecular weight is 295 g/mol. The molecule has 0 aliphatic carbocycles. The highest BCUT2D eigenvalue weighted by molar-refractivity contribution is 5.59. The molecule has 0 spiro atoms. The molecule has 1 saturated heterocycles. The summed E-state index contributed by atoms with van der Waals surface area (Å²) in [7, 11) is 0. The van der Waals surface area contributed by atoms with E-state index in [4.69, 9.17) is 0 Å². The Morgan fingerprint density at radius 2 is 2.23 bits per heavy atom. The van der Waals surface area contributed by atoms with Gasteiger partial charge >= 0.3 is 0 Å². The lowest BCUT2D eigenvalue weighted by Crippen LogP contribution is -2.21. The van der Waals surface area contributed by atoms with E-state index in [0.717, 1.165) is 30.9 Å². The highest BCUT2D eigenvalue weighted by Crippen LogP contribution is 2.28. The molecule has 0 N–H and O–H groups in total. The Hall–Kier alpha value is -2.30. The number of hydrogen-bond acceptors (Lipinski definition) is 3. The zero-order valence-electron chi connectivity index (χ0n) is 13.1. The number of rotatable bonds is 3. The van der Waals surface area contributed by atoms with Crippen molar-refractivity contribution in [1.29, 1.82) is 0 Å². The van der Waals surface area contributed by atoms with Gasteiger partial charge in [-0.05, 0) is 31.4 Å². The molecule has 0 saturated carbocycles. The zero-order valence-corrected chi connectivity index (χ0v) is 13.1. The molecule has 1 atom stereocenters. The minimum atomic E-state index is 0.521. The maximum atomic E-state index is 4.64. The van der Waals surface area contributed by atoms with Gasteiger partial charge in [0.05, 0.1) is 23.8 Å². The Morgan fingerprint density at radius 3 is 3.00 bits per heavy atom. The highest BCUT2D eigenvalue weighted by atomic mass is 15.2. The molecule has 0 bridgehead atoms. The quantitative estimate of drug-likeness (QED) is 0.746. The predicted molar refractivity (Wildman–Crippen MR) is 87.4 cm³/mol. The lowest BCUT2D eigenvalue weighted by atomic mass is 10.2. The maximum Gasteiger partial charge on any atom is 0.140 e. The van der Waals surface area contributed by atoms with E-state index in [1.807, 2.05) is 12.5 Å². The zero-order chi connectivity index (χ0) is 15.1. The first kappa shape index (κ1) is 13.4. The van der Waals surface area contributed by atoms with Gasteiger partial charge in [0.15, 0.2) is 0 Å². The van der Waals surface area contributed by atoms with Crippen LogP contribution in [0, 0.1) is 6.92 Å². The van der Waals surface area contributed by atoms with E-state index < -0.39 is 0 Å². The average Bonchev–Trinajstić information content (AvgIpc) is 3.24. The number of nitrogens with zero attached hydrogens (tertiary/aromatic N) is 5. The Bertz CT molecular complexity index is 787. The van der Waals surface area contributed by atoms with E-state index in [-0.39, 0.29) is 0 Å². The van der Waals surface area contributed by atoms with Crippen LogP contribution < -0.4 is 4.90 Å². The van der Waals surface area contributed by atoms with Crippen LogP contribution in [0.3, 0.4) is 0 Å². The molecule has 22 heavy (non-hydrogen) atoms. The minimum absolute atomic E-state index is 0.521. The molecule has 0 aromatic carbocycles. The largest absolute Gasteiger partial charge is 0.368 e. The molecule has 5 nitrogen and oxygen atoms in total. The first-order valence-electron chi connectivity index (χ1n) is 7.95. The van der Waals surface area contributed by atoms with Crippen LogP contribution in [-0.2, 0) is 6.42 Å².